The maximum atomic E-state index is 13.3. The zero-order valence-corrected chi connectivity index (χ0v) is 21.8. The summed E-state index contributed by atoms with van der Waals surface area (Å²) in [5.74, 6) is 2.29. The van der Waals surface area contributed by atoms with Crippen molar-refractivity contribution in [2.45, 2.75) is 27.1 Å². The Hall–Kier alpha value is -4.51. The molecule has 0 amide bonds. The van der Waals surface area contributed by atoms with E-state index in [4.69, 9.17) is 18.9 Å². The highest BCUT2D eigenvalue weighted by atomic mass is 16.5. The maximum Gasteiger partial charge on any atom is 0.189 e. The first-order valence-electron chi connectivity index (χ1n) is 12.8. The molecule has 0 unspecified atom stereocenters. The van der Waals surface area contributed by atoms with Crippen LogP contribution in [0, 0.1) is 0 Å². The molecule has 0 heterocycles. The number of ether oxygens (including phenoxy) is 4. The molecule has 0 saturated carbocycles. The van der Waals surface area contributed by atoms with Crippen LogP contribution in [0.3, 0.4) is 0 Å². The van der Waals surface area contributed by atoms with Crippen molar-refractivity contribution in [1.82, 2.24) is 0 Å². The number of hydrogen-bond acceptors (Lipinski definition) is 5. The number of hydrogen-bond donors (Lipinski definition) is 0. The first-order valence-corrected chi connectivity index (χ1v) is 12.8. The average molecular weight is 509 g/mol. The fraction of sp³-hybridized carbons (Fsp3) is 0.182. The van der Waals surface area contributed by atoms with Crippen LogP contribution >= 0.6 is 0 Å². The average Bonchev–Trinajstić information content (AvgIpc) is 2.96. The van der Waals surface area contributed by atoms with Gasteiger partial charge < -0.3 is 18.9 Å². The van der Waals surface area contributed by atoms with E-state index in [1.165, 1.54) is 6.08 Å². The molecule has 0 aromatic heterocycles. The third kappa shape index (κ3) is 7.50. The van der Waals surface area contributed by atoms with E-state index in [2.05, 4.69) is 0 Å². The van der Waals surface area contributed by atoms with Crippen molar-refractivity contribution in [3.05, 3.63) is 125 Å². The lowest BCUT2D eigenvalue weighted by atomic mass is 10.1. The van der Waals surface area contributed by atoms with Gasteiger partial charge in [0.2, 0.25) is 0 Å². The summed E-state index contributed by atoms with van der Waals surface area (Å²) in [4.78, 5) is 13.3. The predicted octanol–water partition coefficient (Wildman–Crippen LogP) is 7.54. The van der Waals surface area contributed by atoms with E-state index in [-0.39, 0.29) is 5.78 Å². The number of carbonyl (C=O) groups excluding carboxylic acids is 1. The van der Waals surface area contributed by atoms with Crippen molar-refractivity contribution in [3.8, 4) is 23.0 Å². The van der Waals surface area contributed by atoms with Gasteiger partial charge in [-0.25, -0.2) is 0 Å². The van der Waals surface area contributed by atoms with Crippen LogP contribution in [0.4, 0.5) is 0 Å². The molecule has 194 valence electrons. The van der Waals surface area contributed by atoms with E-state index in [0.717, 1.165) is 16.7 Å². The Bertz CT molecular complexity index is 1350. The SMILES string of the molecule is CCOc1ccc(C=CC(=O)c2ccc(OCC)cc2OCc2ccccc2)c(OCc2ccccc2)c1. The summed E-state index contributed by atoms with van der Waals surface area (Å²) in [6.45, 7) is 5.67. The van der Waals surface area contributed by atoms with Gasteiger partial charge in [-0.2, -0.15) is 0 Å². The minimum atomic E-state index is -0.181. The summed E-state index contributed by atoms with van der Waals surface area (Å²) in [6.07, 6.45) is 3.30. The molecule has 0 aliphatic carbocycles. The Balaban J connectivity index is 1.56. The van der Waals surface area contributed by atoms with Gasteiger partial charge in [0.25, 0.3) is 0 Å². The number of rotatable bonds is 13. The van der Waals surface area contributed by atoms with Gasteiger partial charge in [-0.3, -0.25) is 4.79 Å². The van der Waals surface area contributed by atoms with Crippen molar-refractivity contribution in [1.29, 1.82) is 0 Å². The smallest absolute Gasteiger partial charge is 0.189 e. The lowest BCUT2D eigenvalue weighted by molar-refractivity contribution is 0.104. The molecule has 0 bridgehead atoms. The number of benzene rings is 4. The van der Waals surface area contributed by atoms with E-state index in [1.807, 2.05) is 92.7 Å². The Morgan fingerprint density at radius 3 is 1.74 bits per heavy atom. The van der Waals surface area contributed by atoms with Crippen LogP contribution in [0.5, 0.6) is 23.0 Å². The molecule has 0 aliphatic rings. The van der Waals surface area contributed by atoms with Crippen LogP contribution in [0.15, 0.2) is 103 Å². The van der Waals surface area contributed by atoms with Crippen molar-refractivity contribution in [2.75, 3.05) is 13.2 Å². The Morgan fingerprint density at radius 2 is 1.16 bits per heavy atom. The van der Waals surface area contributed by atoms with Gasteiger partial charge in [0.05, 0.1) is 18.8 Å². The van der Waals surface area contributed by atoms with Crippen LogP contribution in [-0.4, -0.2) is 19.0 Å². The van der Waals surface area contributed by atoms with Gasteiger partial charge in [0.1, 0.15) is 36.2 Å². The lowest BCUT2D eigenvalue weighted by Gasteiger charge is -2.13. The fourth-order valence-corrected chi connectivity index (χ4v) is 3.84. The van der Waals surface area contributed by atoms with E-state index in [9.17, 15) is 4.79 Å². The second-order valence-corrected chi connectivity index (χ2v) is 8.47. The topological polar surface area (TPSA) is 54.0 Å². The zero-order chi connectivity index (χ0) is 26.6. The molecular weight excluding hydrogens is 476 g/mol. The normalized spacial score (nSPS) is 10.8. The van der Waals surface area contributed by atoms with Crippen molar-refractivity contribution in [3.63, 3.8) is 0 Å². The van der Waals surface area contributed by atoms with Crippen molar-refractivity contribution in [2.24, 2.45) is 0 Å². The van der Waals surface area contributed by atoms with Crippen LogP contribution in [0.2, 0.25) is 0 Å². The summed E-state index contributed by atoms with van der Waals surface area (Å²) in [6, 6.07) is 30.7. The predicted molar refractivity (Wildman–Crippen MR) is 150 cm³/mol. The van der Waals surface area contributed by atoms with Crippen molar-refractivity contribution < 1.29 is 23.7 Å². The fourth-order valence-electron chi connectivity index (χ4n) is 3.84. The van der Waals surface area contributed by atoms with Crippen molar-refractivity contribution >= 4 is 11.9 Å². The molecule has 4 aromatic carbocycles. The third-order valence-electron chi connectivity index (χ3n) is 5.71. The lowest BCUT2D eigenvalue weighted by Crippen LogP contribution is -2.04. The molecule has 0 saturated heterocycles. The molecule has 0 atom stereocenters. The Morgan fingerprint density at radius 1 is 0.632 bits per heavy atom. The summed E-state index contributed by atoms with van der Waals surface area (Å²) in [7, 11) is 0. The van der Waals surface area contributed by atoms with E-state index < -0.39 is 0 Å². The zero-order valence-electron chi connectivity index (χ0n) is 21.8. The minimum Gasteiger partial charge on any atom is -0.494 e. The van der Waals surface area contributed by atoms with E-state index in [0.29, 0.717) is 55.0 Å². The van der Waals surface area contributed by atoms with Crippen LogP contribution in [0.25, 0.3) is 6.08 Å². The molecule has 0 radical (unpaired) electrons. The van der Waals surface area contributed by atoms with E-state index >= 15 is 0 Å². The highest BCUT2D eigenvalue weighted by molar-refractivity contribution is 6.08. The molecule has 5 heteroatoms. The van der Waals surface area contributed by atoms with Crippen LogP contribution in [-0.2, 0) is 13.2 Å². The molecule has 0 N–H and O–H groups in total. The van der Waals surface area contributed by atoms with Gasteiger partial charge in [0.15, 0.2) is 5.78 Å². The van der Waals surface area contributed by atoms with Crippen LogP contribution < -0.4 is 18.9 Å². The third-order valence-corrected chi connectivity index (χ3v) is 5.71. The Labute approximate surface area is 224 Å². The Kier molecular flexibility index (Phi) is 9.57. The van der Waals surface area contributed by atoms with Gasteiger partial charge in [0, 0.05) is 17.7 Å². The molecule has 0 spiro atoms. The quantitative estimate of drug-likeness (QED) is 0.138. The summed E-state index contributed by atoms with van der Waals surface area (Å²) in [5, 5.41) is 0. The van der Waals surface area contributed by atoms with Gasteiger partial charge >= 0.3 is 0 Å². The largest absolute Gasteiger partial charge is 0.494 e. The number of carbonyl (C=O) groups is 1. The number of ketones is 1. The monoisotopic (exact) mass is 508 g/mol. The summed E-state index contributed by atoms with van der Waals surface area (Å²) < 4.78 is 23.5. The molecule has 0 aliphatic heterocycles. The number of allylic oxidation sites excluding steroid dienone is 1. The summed E-state index contributed by atoms with van der Waals surface area (Å²) in [5.41, 5.74) is 3.29. The van der Waals surface area contributed by atoms with Gasteiger partial charge in [-0.15, -0.1) is 0 Å². The molecular formula is C33H32O5. The maximum absolute atomic E-state index is 13.3. The molecule has 38 heavy (non-hydrogen) atoms. The van der Waals surface area contributed by atoms with Gasteiger partial charge in [-0.1, -0.05) is 60.7 Å². The minimum absolute atomic E-state index is 0.181. The second-order valence-electron chi connectivity index (χ2n) is 8.47. The molecule has 5 nitrogen and oxygen atoms in total. The first-order chi connectivity index (χ1) is 18.7. The standard InChI is InChI=1S/C33H32O5/c1-3-35-28-17-15-27(32(21-28)37-23-25-11-7-5-8-12-25)16-20-31(34)30-19-18-29(36-4-2)22-33(30)38-24-26-13-9-6-10-14-26/h5-22H,3-4,23-24H2,1-2H3. The van der Waals surface area contributed by atoms with E-state index in [1.54, 1.807) is 24.3 Å². The van der Waals surface area contributed by atoms with Crippen LogP contribution in [0.1, 0.15) is 40.9 Å². The molecule has 4 rings (SSSR count). The van der Waals surface area contributed by atoms with Gasteiger partial charge in [-0.05, 0) is 61.4 Å². The molecule has 4 aromatic rings. The molecule has 0 fully saturated rings. The highest BCUT2D eigenvalue weighted by Gasteiger charge is 2.13. The summed E-state index contributed by atoms with van der Waals surface area (Å²) >= 11 is 0. The first kappa shape index (κ1) is 26.6. The second kappa shape index (κ2) is 13.7. The highest BCUT2D eigenvalue weighted by Crippen LogP contribution is 2.29.